The number of hydrogen-bond donors (Lipinski definition) is 0. The van der Waals surface area contributed by atoms with Crippen LogP contribution in [0.3, 0.4) is 0 Å². The fraction of sp³-hybridized carbons (Fsp3) is 0.667. The Morgan fingerprint density at radius 3 is 2.95 bits per heavy atom. The van der Waals surface area contributed by atoms with Crippen molar-refractivity contribution in [2.45, 2.75) is 57.3 Å². The zero-order chi connectivity index (χ0) is 15.5. The van der Waals surface area contributed by atoms with Gasteiger partial charge in [-0.05, 0) is 46.6 Å². The highest BCUT2D eigenvalue weighted by Crippen LogP contribution is 2.25. The van der Waals surface area contributed by atoms with Crippen LogP contribution in [0.4, 0.5) is 4.79 Å². The third-order valence-electron chi connectivity index (χ3n) is 3.18. The predicted octanol–water partition coefficient (Wildman–Crippen LogP) is 3.28. The van der Waals surface area contributed by atoms with Gasteiger partial charge in [0, 0.05) is 30.2 Å². The third-order valence-corrected chi connectivity index (χ3v) is 4.19. The summed E-state index contributed by atoms with van der Waals surface area (Å²) in [6, 6.07) is 2.08. The topological polar surface area (TPSA) is 55.3 Å². The van der Waals surface area contributed by atoms with E-state index < -0.39 is 5.60 Å². The van der Waals surface area contributed by atoms with Gasteiger partial charge in [-0.1, -0.05) is 11.8 Å². The van der Waals surface area contributed by atoms with E-state index in [1.54, 1.807) is 18.0 Å². The van der Waals surface area contributed by atoms with Crippen LogP contribution in [0.25, 0.3) is 0 Å². The molecule has 2 rings (SSSR count). The number of carbonyl (C=O) groups is 1. The van der Waals surface area contributed by atoms with E-state index in [1.165, 1.54) is 0 Å². The highest BCUT2D eigenvalue weighted by molar-refractivity contribution is 7.99. The molecule has 1 atom stereocenters. The number of aromatic nitrogens is 2. The van der Waals surface area contributed by atoms with Crippen molar-refractivity contribution in [3.8, 4) is 0 Å². The number of nitrogens with zero attached hydrogens (tertiary/aromatic N) is 3. The third kappa shape index (κ3) is 4.88. The van der Waals surface area contributed by atoms with Crippen LogP contribution in [0.1, 0.15) is 39.3 Å². The number of amides is 1. The van der Waals surface area contributed by atoms with Crippen molar-refractivity contribution in [1.82, 2.24) is 14.9 Å². The fourth-order valence-electron chi connectivity index (χ4n) is 2.24. The van der Waals surface area contributed by atoms with E-state index >= 15 is 0 Å². The van der Waals surface area contributed by atoms with Crippen molar-refractivity contribution in [3.63, 3.8) is 0 Å². The summed E-state index contributed by atoms with van der Waals surface area (Å²) in [5, 5.41) is 0.769. The van der Waals surface area contributed by atoms with E-state index in [0.717, 1.165) is 36.0 Å². The molecule has 0 aliphatic carbocycles. The van der Waals surface area contributed by atoms with Gasteiger partial charge in [0.1, 0.15) is 5.60 Å². The number of hydrogen-bond acceptors (Lipinski definition) is 5. The summed E-state index contributed by atoms with van der Waals surface area (Å²) in [5.74, 6) is 0.808. The number of ether oxygens (including phenoxy) is 1. The van der Waals surface area contributed by atoms with Gasteiger partial charge in [0.25, 0.3) is 0 Å². The summed E-state index contributed by atoms with van der Waals surface area (Å²) in [5.41, 5.74) is 0.514. The molecule has 1 saturated heterocycles. The molecule has 0 spiro atoms. The Morgan fingerprint density at radius 1 is 1.52 bits per heavy atom. The van der Waals surface area contributed by atoms with Crippen LogP contribution < -0.4 is 0 Å². The van der Waals surface area contributed by atoms with Gasteiger partial charge in [-0.15, -0.1) is 0 Å². The van der Waals surface area contributed by atoms with Crippen LogP contribution >= 0.6 is 11.8 Å². The Balaban J connectivity index is 1.91. The summed E-state index contributed by atoms with van der Waals surface area (Å²) < 4.78 is 5.47. The summed E-state index contributed by atoms with van der Waals surface area (Å²) in [7, 11) is 0. The SMILES string of the molecule is Cc1ccnc(SC[C@@H]2CCCN2C(=O)OC(C)(C)C)n1. The lowest BCUT2D eigenvalue weighted by Gasteiger charge is -2.28. The van der Waals surface area contributed by atoms with Crippen molar-refractivity contribution in [1.29, 1.82) is 0 Å². The molecule has 2 heterocycles. The molecule has 21 heavy (non-hydrogen) atoms. The van der Waals surface area contributed by atoms with Gasteiger partial charge >= 0.3 is 6.09 Å². The second-order valence-electron chi connectivity index (χ2n) is 6.26. The lowest BCUT2D eigenvalue weighted by atomic mass is 10.2. The lowest BCUT2D eigenvalue weighted by molar-refractivity contribution is 0.0242. The molecule has 1 amide bonds. The standard InChI is InChI=1S/C15H23N3O2S/c1-11-7-8-16-13(17-11)21-10-12-6-5-9-18(12)14(19)20-15(2,3)4/h7-8,12H,5-6,9-10H2,1-4H3/t12-/m0/s1. The quantitative estimate of drug-likeness (QED) is 0.633. The number of likely N-dealkylation sites (tertiary alicyclic amines) is 1. The van der Waals surface area contributed by atoms with Gasteiger partial charge in [-0.25, -0.2) is 14.8 Å². The molecular formula is C15H23N3O2S. The molecule has 1 aromatic heterocycles. The molecule has 0 radical (unpaired) electrons. The second kappa shape index (κ2) is 6.64. The number of rotatable bonds is 3. The van der Waals surface area contributed by atoms with Crippen LogP contribution in [0.2, 0.25) is 0 Å². The average molecular weight is 309 g/mol. The highest BCUT2D eigenvalue weighted by atomic mass is 32.2. The van der Waals surface area contributed by atoms with E-state index in [2.05, 4.69) is 9.97 Å². The molecule has 0 bridgehead atoms. The lowest BCUT2D eigenvalue weighted by Crippen LogP contribution is -2.40. The highest BCUT2D eigenvalue weighted by Gasteiger charge is 2.32. The van der Waals surface area contributed by atoms with Crippen molar-refractivity contribution in [2.24, 2.45) is 0 Å². The minimum atomic E-state index is -0.447. The van der Waals surface area contributed by atoms with Crippen molar-refractivity contribution in [2.75, 3.05) is 12.3 Å². The van der Waals surface area contributed by atoms with Crippen LogP contribution in [0.15, 0.2) is 17.4 Å². The molecule has 0 unspecified atom stereocenters. The summed E-state index contributed by atoms with van der Waals surface area (Å²) in [6.07, 6.45) is 3.60. The molecule has 116 valence electrons. The molecule has 0 saturated carbocycles. The average Bonchev–Trinajstić information content (AvgIpc) is 2.83. The Morgan fingerprint density at radius 2 is 2.29 bits per heavy atom. The Kier molecular flexibility index (Phi) is 5.08. The zero-order valence-corrected chi connectivity index (χ0v) is 13.9. The number of carbonyl (C=O) groups excluding carboxylic acids is 1. The number of thioether (sulfide) groups is 1. The first-order valence-corrected chi connectivity index (χ1v) is 8.26. The van der Waals surface area contributed by atoms with Crippen molar-refractivity contribution < 1.29 is 9.53 Å². The maximum atomic E-state index is 12.2. The maximum absolute atomic E-state index is 12.2. The molecule has 1 fully saturated rings. The van der Waals surface area contributed by atoms with Crippen LogP contribution in [-0.2, 0) is 4.74 Å². The molecule has 5 nitrogen and oxygen atoms in total. The Hall–Kier alpha value is -1.30. The molecule has 6 heteroatoms. The van der Waals surface area contributed by atoms with Gasteiger partial charge in [0.15, 0.2) is 5.16 Å². The fourth-order valence-corrected chi connectivity index (χ4v) is 3.27. The molecule has 0 aromatic carbocycles. The Labute approximate surface area is 130 Å². The van der Waals surface area contributed by atoms with E-state index in [9.17, 15) is 4.79 Å². The minimum Gasteiger partial charge on any atom is -0.444 e. The van der Waals surface area contributed by atoms with Crippen LogP contribution in [0.5, 0.6) is 0 Å². The van der Waals surface area contributed by atoms with E-state index in [-0.39, 0.29) is 12.1 Å². The monoisotopic (exact) mass is 309 g/mol. The van der Waals surface area contributed by atoms with E-state index in [4.69, 9.17) is 4.74 Å². The number of aryl methyl sites for hydroxylation is 1. The van der Waals surface area contributed by atoms with Crippen molar-refractivity contribution in [3.05, 3.63) is 18.0 Å². The largest absolute Gasteiger partial charge is 0.444 e. The van der Waals surface area contributed by atoms with E-state index in [1.807, 2.05) is 38.7 Å². The molecule has 1 aliphatic heterocycles. The Bertz CT molecular complexity index is 502. The summed E-state index contributed by atoms with van der Waals surface area (Å²) in [6.45, 7) is 8.41. The predicted molar refractivity (Wildman–Crippen MR) is 83.5 cm³/mol. The van der Waals surface area contributed by atoms with Gasteiger partial charge < -0.3 is 9.64 Å². The first-order chi connectivity index (χ1) is 9.85. The van der Waals surface area contributed by atoms with Crippen LogP contribution in [-0.4, -0.2) is 44.9 Å². The molecule has 1 aromatic rings. The van der Waals surface area contributed by atoms with Gasteiger partial charge in [-0.3, -0.25) is 0 Å². The molecular weight excluding hydrogens is 286 g/mol. The second-order valence-corrected chi connectivity index (χ2v) is 7.25. The summed E-state index contributed by atoms with van der Waals surface area (Å²) in [4.78, 5) is 22.7. The zero-order valence-electron chi connectivity index (χ0n) is 13.1. The van der Waals surface area contributed by atoms with Crippen molar-refractivity contribution >= 4 is 17.9 Å². The maximum Gasteiger partial charge on any atom is 0.410 e. The first-order valence-electron chi connectivity index (χ1n) is 7.27. The van der Waals surface area contributed by atoms with Gasteiger partial charge in [0.2, 0.25) is 0 Å². The normalized spacial score (nSPS) is 18.9. The van der Waals surface area contributed by atoms with E-state index in [0.29, 0.717) is 0 Å². The molecule has 1 aliphatic rings. The summed E-state index contributed by atoms with van der Waals surface area (Å²) >= 11 is 1.60. The van der Waals surface area contributed by atoms with Crippen LogP contribution in [0, 0.1) is 6.92 Å². The van der Waals surface area contributed by atoms with Gasteiger partial charge in [0.05, 0.1) is 0 Å². The minimum absolute atomic E-state index is 0.203. The van der Waals surface area contributed by atoms with Gasteiger partial charge in [-0.2, -0.15) is 0 Å². The first kappa shape index (κ1) is 16.1. The molecule has 0 N–H and O–H groups in total. The smallest absolute Gasteiger partial charge is 0.410 e.